The van der Waals surface area contributed by atoms with Crippen LogP contribution in [-0.2, 0) is 17.3 Å². The van der Waals surface area contributed by atoms with Crippen LogP contribution in [0.15, 0.2) is 77.3 Å². The molecule has 4 rings (SSSR count). The molecule has 3 aromatic carbocycles. The molecule has 186 valence electrons. The van der Waals surface area contributed by atoms with E-state index >= 15 is 0 Å². The average Bonchev–Trinajstić information content (AvgIpc) is 2.87. The van der Waals surface area contributed by atoms with E-state index in [1.807, 2.05) is 42.5 Å². The van der Waals surface area contributed by atoms with E-state index in [0.717, 1.165) is 46.1 Å². The Labute approximate surface area is 216 Å². The lowest BCUT2D eigenvalue weighted by molar-refractivity contribution is -0.137. The Morgan fingerprint density at radius 2 is 1.69 bits per heavy atom. The zero-order valence-electron chi connectivity index (χ0n) is 19.9. The van der Waals surface area contributed by atoms with Gasteiger partial charge in [0.25, 0.3) is 0 Å². The molecule has 0 aliphatic heterocycles. The predicted molar refractivity (Wildman–Crippen MR) is 139 cm³/mol. The quantitative estimate of drug-likeness (QED) is 0.214. The number of nitrogens with zero attached hydrogens (tertiary/aromatic N) is 1. The van der Waals surface area contributed by atoms with Crippen LogP contribution in [0.5, 0.6) is 0 Å². The lowest BCUT2D eigenvalue weighted by Gasteiger charge is -2.20. The SMILES string of the molecule is CCC[C@@H](Cc1cc2ccc(C(F)(F)F)cc2nc1-c1ccc(Br)cc1)c1ccc(C(=O)OC)cc1. The van der Waals surface area contributed by atoms with Crippen molar-refractivity contribution in [1.29, 1.82) is 0 Å². The number of hydrogen-bond donors (Lipinski definition) is 0. The Balaban J connectivity index is 1.80. The number of rotatable bonds is 7. The number of methoxy groups -OCH3 is 1. The molecule has 4 aromatic rings. The van der Waals surface area contributed by atoms with Crippen molar-refractivity contribution in [3.05, 3.63) is 99.5 Å². The molecule has 0 aliphatic rings. The van der Waals surface area contributed by atoms with Crippen LogP contribution in [0, 0.1) is 0 Å². The first-order chi connectivity index (χ1) is 17.2. The Hall–Kier alpha value is -3.19. The van der Waals surface area contributed by atoms with E-state index in [-0.39, 0.29) is 11.9 Å². The van der Waals surface area contributed by atoms with E-state index in [0.29, 0.717) is 28.6 Å². The second-order valence-corrected chi connectivity index (χ2v) is 9.63. The van der Waals surface area contributed by atoms with Crippen molar-refractivity contribution in [2.45, 2.75) is 38.3 Å². The number of carbonyl (C=O) groups is 1. The first-order valence-electron chi connectivity index (χ1n) is 11.6. The summed E-state index contributed by atoms with van der Waals surface area (Å²) in [6.07, 6.45) is -1.93. The van der Waals surface area contributed by atoms with Gasteiger partial charge in [-0.05, 0) is 72.4 Å². The van der Waals surface area contributed by atoms with E-state index in [4.69, 9.17) is 9.72 Å². The van der Waals surface area contributed by atoms with Gasteiger partial charge in [-0.25, -0.2) is 9.78 Å². The van der Waals surface area contributed by atoms with Gasteiger partial charge in [0.2, 0.25) is 0 Å². The largest absolute Gasteiger partial charge is 0.465 e. The van der Waals surface area contributed by atoms with Gasteiger partial charge in [-0.15, -0.1) is 0 Å². The molecular formula is C29H25BrF3NO2. The zero-order chi connectivity index (χ0) is 25.9. The van der Waals surface area contributed by atoms with Crippen molar-refractivity contribution in [2.24, 2.45) is 0 Å². The average molecular weight is 556 g/mol. The number of hydrogen-bond acceptors (Lipinski definition) is 3. The summed E-state index contributed by atoms with van der Waals surface area (Å²) in [6, 6.07) is 20.7. The number of alkyl halides is 3. The molecule has 1 aromatic heterocycles. The third kappa shape index (κ3) is 5.78. The molecule has 0 saturated carbocycles. The summed E-state index contributed by atoms with van der Waals surface area (Å²) in [6.45, 7) is 2.11. The maximum absolute atomic E-state index is 13.3. The number of aromatic nitrogens is 1. The second-order valence-electron chi connectivity index (χ2n) is 8.71. The summed E-state index contributed by atoms with van der Waals surface area (Å²) in [5.74, 6) is -0.243. The fourth-order valence-corrected chi connectivity index (χ4v) is 4.67. The molecule has 1 atom stereocenters. The highest BCUT2D eigenvalue weighted by atomic mass is 79.9. The predicted octanol–water partition coefficient (Wildman–Crippen LogP) is 8.60. The standard InChI is InChI=1S/C29H25BrF3NO2/c1-3-4-21(18-5-7-20(8-6-18)28(35)36-2)15-23-16-22-9-12-24(29(31,32)33)17-26(22)34-27(23)19-10-13-25(30)14-11-19/h5-14,16-17,21H,3-4,15H2,1-2H3/t21-/m0/s1. The number of fused-ring (bicyclic) bond motifs is 1. The van der Waals surface area contributed by atoms with E-state index < -0.39 is 11.7 Å². The summed E-state index contributed by atoms with van der Waals surface area (Å²) >= 11 is 3.44. The Kier molecular flexibility index (Phi) is 7.79. The Morgan fingerprint density at radius 1 is 1.00 bits per heavy atom. The van der Waals surface area contributed by atoms with Gasteiger partial charge in [0.15, 0.2) is 0 Å². The van der Waals surface area contributed by atoms with Gasteiger partial charge in [0.05, 0.1) is 29.4 Å². The van der Waals surface area contributed by atoms with Crippen molar-refractivity contribution >= 4 is 32.8 Å². The highest BCUT2D eigenvalue weighted by molar-refractivity contribution is 9.10. The first-order valence-corrected chi connectivity index (χ1v) is 12.4. The monoisotopic (exact) mass is 555 g/mol. The minimum atomic E-state index is -4.44. The molecule has 0 N–H and O–H groups in total. The van der Waals surface area contributed by atoms with Gasteiger partial charge in [0, 0.05) is 15.4 Å². The third-order valence-electron chi connectivity index (χ3n) is 6.25. The normalized spacial score (nSPS) is 12.5. The minimum Gasteiger partial charge on any atom is -0.465 e. The lowest BCUT2D eigenvalue weighted by atomic mass is 9.86. The first kappa shape index (κ1) is 25.9. The zero-order valence-corrected chi connectivity index (χ0v) is 21.5. The van der Waals surface area contributed by atoms with Gasteiger partial charge < -0.3 is 4.74 Å². The van der Waals surface area contributed by atoms with Crippen LogP contribution < -0.4 is 0 Å². The molecule has 36 heavy (non-hydrogen) atoms. The number of benzene rings is 3. The number of carbonyl (C=O) groups excluding carboxylic acids is 1. The topological polar surface area (TPSA) is 39.2 Å². The molecule has 0 aliphatic carbocycles. The summed E-state index contributed by atoms with van der Waals surface area (Å²) in [5, 5.41) is 0.662. The van der Waals surface area contributed by atoms with Gasteiger partial charge in [-0.1, -0.05) is 59.6 Å². The third-order valence-corrected chi connectivity index (χ3v) is 6.78. The molecule has 0 bridgehead atoms. The number of ether oxygens (including phenoxy) is 1. The van der Waals surface area contributed by atoms with Gasteiger partial charge in [-0.2, -0.15) is 13.2 Å². The summed E-state index contributed by atoms with van der Waals surface area (Å²) in [7, 11) is 1.35. The highest BCUT2D eigenvalue weighted by Crippen LogP contribution is 2.35. The molecule has 3 nitrogen and oxygen atoms in total. The van der Waals surface area contributed by atoms with Crippen molar-refractivity contribution in [2.75, 3.05) is 7.11 Å². The highest BCUT2D eigenvalue weighted by Gasteiger charge is 2.30. The number of pyridine rings is 1. The second kappa shape index (κ2) is 10.8. The maximum Gasteiger partial charge on any atom is 0.416 e. The molecule has 0 spiro atoms. The summed E-state index contributed by atoms with van der Waals surface area (Å²) in [4.78, 5) is 16.6. The lowest BCUT2D eigenvalue weighted by Crippen LogP contribution is -2.08. The van der Waals surface area contributed by atoms with Crippen LogP contribution in [-0.4, -0.2) is 18.1 Å². The van der Waals surface area contributed by atoms with Crippen molar-refractivity contribution in [1.82, 2.24) is 4.98 Å². The summed E-state index contributed by atoms with van der Waals surface area (Å²) in [5.41, 5.74) is 3.62. The number of halogens is 4. The molecule has 0 saturated heterocycles. The molecule has 1 heterocycles. The number of esters is 1. The molecule has 7 heteroatoms. The molecule has 0 amide bonds. The fraction of sp³-hybridized carbons (Fsp3) is 0.241. The van der Waals surface area contributed by atoms with Crippen LogP contribution in [0.3, 0.4) is 0 Å². The van der Waals surface area contributed by atoms with Gasteiger partial charge >= 0.3 is 12.1 Å². The van der Waals surface area contributed by atoms with E-state index in [2.05, 4.69) is 22.9 Å². The van der Waals surface area contributed by atoms with Gasteiger partial charge in [0.1, 0.15) is 0 Å². The fourth-order valence-electron chi connectivity index (χ4n) is 4.41. The van der Waals surface area contributed by atoms with E-state index in [1.165, 1.54) is 13.2 Å². The minimum absolute atomic E-state index is 0.143. The van der Waals surface area contributed by atoms with Crippen LogP contribution in [0.2, 0.25) is 0 Å². The van der Waals surface area contributed by atoms with Crippen LogP contribution in [0.4, 0.5) is 13.2 Å². The Morgan fingerprint density at radius 3 is 2.31 bits per heavy atom. The van der Waals surface area contributed by atoms with E-state index in [1.54, 1.807) is 12.1 Å². The smallest absolute Gasteiger partial charge is 0.416 e. The Bertz CT molecular complexity index is 1370. The van der Waals surface area contributed by atoms with Crippen molar-refractivity contribution in [3.63, 3.8) is 0 Å². The van der Waals surface area contributed by atoms with Crippen LogP contribution in [0.1, 0.15) is 52.7 Å². The molecule has 0 fully saturated rings. The molecule has 0 unspecified atom stereocenters. The summed E-state index contributed by atoms with van der Waals surface area (Å²) < 4.78 is 45.7. The van der Waals surface area contributed by atoms with Crippen LogP contribution >= 0.6 is 15.9 Å². The molecular weight excluding hydrogens is 531 g/mol. The molecule has 0 radical (unpaired) electrons. The van der Waals surface area contributed by atoms with Gasteiger partial charge in [-0.3, -0.25) is 0 Å². The maximum atomic E-state index is 13.3. The van der Waals surface area contributed by atoms with Crippen molar-refractivity contribution in [3.8, 4) is 11.3 Å². The van der Waals surface area contributed by atoms with Crippen molar-refractivity contribution < 1.29 is 22.7 Å². The van der Waals surface area contributed by atoms with E-state index in [9.17, 15) is 18.0 Å². The van der Waals surface area contributed by atoms with Crippen LogP contribution in [0.25, 0.3) is 22.2 Å².